The van der Waals surface area contributed by atoms with Crippen LogP contribution in [0, 0.1) is 11.6 Å². The van der Waals surface area contributed by atoms with Crippen LogP contribution in [0.2, 0.25) is 0 Å². The first-order chi connectivity index (χ1) is 20.2. The molecule has 0 saturated carbocycles. The number of halogens is 3. The van der Waals surface area contributed by atoms with Gasteiger partial charge in [-0.05, 0) is 43.2 Å². The van der Waals surface area contributed by atoms with Gasteiger partial charge in [0, 0.05) is 31.4 Å². The van der Waals surface area contributed by atoms with Gasteiger partial charge < -0.3 is 23.9 Å². The molecule has 2 fully saturated rings. The summed E-state index contributed by atoms with van der Waals surface area (Å²) in [5.41, 5.74) is -0.203. The van der Waals surface area contributed by atoms with E-state index < -0.39 is 23.3 Å². The molecule has 0 unspecified atom stereocenters. The summed E-state index contributed by atoms with van der Waals surface area (Å²) in [6.07, 6.45) is 2.85. The number of aromatic nitrogens is 4. The largest absolute Gasteiger partial charge is 0.483 e. The number of benzene rings is 2. The average Bonchev–Trinajstić information content (AvgIpc) is 3.28. The number of carbonyl (C=O) groups is 1. The molecule has 2 aliphatic rings. The normalized spacial score (nSPS) is 17.2. The summed E-state index contributed by atoms with van der Waals surface area (Å²) < 4.78 is 60.4. The van der Waals surface area contributed by atoms with E-state index in [2.05, 4.69) is 14.9 Å². The monoisotopic (exact) mass is 583 g/mol. The molecule has 2 aromatic carbocycles. The zero-order valence-electron chi connectivity index (χ0n) is 22.5. The molecule has 2 saturated heterocycles. The highest BCUT2D eigenvalue weighted by Gasteiger charge is 2.40. The third-order valence-corrected chi connectivity index (χ3v) is 7.35. The third-order valence-electron chi connectivity index (χ3n) is 7.35. The quantitative estimate of drug-likeness (QED) is 0.294. The van der Waals surface area contributed by atoms with E-state index in [0.29, 0.717) is 61.0 Å². The van der Waals surface area contributed by atoms with Gasteiger partial charge in [0.2, 0.25) is 5.88 Å². The second-order valence-electron chi connectivity index (χ2n) is 10.5. The maximum atomic E-state index is 15.1. The predicted octanol–water partition coefficient (Wildman–Crippen LogP) is 4.16. The van der Waals surface area contributed by atoms with Crippen molar-refractivity contribution in [2.75, 3.05) is 26.3 Å². The molecule has 6 rings (SSSR count). The van der Waals surface area contributed by atoms with Crippen LogP contribution in [-0.4, -0.2) is 73.6 Å². The van der Waals surface area contributed by atoms with Crippen molar-refractivity contribution in [3.05, 3.63) is 77.5 Å². The zero-order chi connectivity index (χ0) is 29.3. The van der Waals surface area contributed by atoms with Gasteiger partial charge in [-0.3, -0.25) is 4.90 Å². The number of alkyl halides is 1. The summed E-state index contributed by atoms with van der Waals surface area (Å²) in [6, 6.07) is 9.38. The van der Waals surface area contributed by atoms with E-state index in [1.165, 1.54) is 24.4 Å². The Labute approximate surface area is 238 Å². The van der Waals surface area contributed by atoms with Gasteiger partial charge in [-0.25, -0.2) is 27.9 Å². The lowest BCUT2D eigenvalue weighted by molar-refractivity contribution is -0.137. The minimum Gasteiger partial charge on any atom is -0.483 e. The van der Waals surface area contributed by atoms with E-state index in [0.717, 1.165) is 12.1 Å². The van der Waals surface area contributed by atoms with Crippen LogP contribution in [0.1, 0.15) is 34.8 Å². The number of imidazole rings is 1. The molecular formula is C29H28F3N5O5. The number of likely N-dealkylation sites (tertiary alicyclic amines) is 1. The lowest BCUT2D eigenvalue weighted by Gasteiger charge is -2.35. The van der Waals surface area contributed by atoms with Gasteiger partial charge in [-0.2, -0.15) is 4.98 Å². The smallest absolute Gasteiger partial charge is 0.335 e. The van der Waals surface area contributed by atoms with Crippen LogP contribution >= 0.6 is 0 Å². The lowest BCUT2D eigenvalue weighted by atomic mass is 10.0. The van der Waals surface area contributed by atoms with Crippen LogP contribution in [0.25, 0.3) is 11.0 Å². The second kappa shape index (κ2) is 11.6. The van der Waals surface area contributed by atoms with Crippen molar-refractivity contribution in [3.63, 3.8) is 0 Å². The van der Waals surface area contributed by atoms with E-state index in [-0.39, 0.29) is 43.8 Å². The van der Waals surface area contributed by atoms with Crippen LogP contribution in [0.4, 0.5) is 13.2 Å². The second-order valence-corrected chi connectivity index (χ2v) is 10.5. The van der Waals surface area contributed by atoms with E-state index in [1.54, 1.807) is 16.7 Å². The fourth-order valence-electron chi connectivity index (χ4n) is 5.11. The van der Waals surface area contributed by atoms with E-state index in [1.807, 2.05) is 0 Å². The Kier molecular flexibility index (Phi) is 7.69. The number of hydrogen-bond donors (Lipinski definition) is 1. The molecule has 4 heterocycles. The molecule has 2 aliphatic heterocycles. The summed E-state index contributed by atoms with van der Waals surface area (Å²) in [4.78, 5) is 26.9. The molecule has 2 aromatic heterocycles. The number of rotatable bonds is 10. The molecule has 4 aromatic rings. The van der Waals surface area contributed by atoms with Crippen molar-refractivity contribution in [3.8, 4) is 11.6 Å². The molecule has 0 bridgehead atoms. The van der Waals surface area contributed by atoms with E-state index in [4.69, 9.17) is 19.2 Å². The molecule has 13 heteroatoms. The van der Waals surface area contributed by atoms with Gasteiger partial charge in [0.15, 0.2) is 23.1 Å². The molecule has 0 aliphatic carbocycles. The van der Waals surface area contributed by atoms with Crippen molar-refractivity contribution in [2.24, 2.45) is 0 Å². The van der Waals surface area contributed by atoms with Crippen LogP contribution < -0.4 is 9.47 Å². The molecule has 0 atom stereocenters. The molecule has 1 N–H and O–H groups in total. The highest BCUT2D eigenvalue weighted by molar-refractivity contribution is 5.92. The van der Waals surface area contributed by atoms with Gasteiger partial charge in [-0.1, -0.05) is 0 Å². The Hall–Kier alpha value is -4.23. The van der Waals surface area contributed by atoms with Crippen molar-refractivity contribution < 1.29 is 37.3 Å². The standard InChI is InChI=1S/C29H28F3N5O5/c30-19-2-4-24(21(31)12-19)41-14-25-33-8-5-27(35-25)42-20-6-9-36(10-7-20)13-26-34-22-3-1-18(28(38)39)11-23(22)37(26)15-29(32)16-40-17-29/h1-5,8,11-12,20H,6-7,9-10,13-17H2,(H,38,39). The van der Waals surface area contributed by atoms with Crippen molar-refractivity contribution in [1.29, 1.82) is 0 Å². The maximum absolute atomic E-state index is 15.1. The molecule has 10 nitrogen and oxygen atoms in total. The Balaban J connectivity index is 1.08. The lowest BCUT2D eigenvalue weighted by Crippen LogP contribution is -2.49. The van der Waals surface area contributed by atoms with Crippen LogP contribution in [0.15, 0.2) is 48.7 Å². The van der Waals surface area contributed by atoms with E-state index >= 15 is 4.39 Å². The molecule has 220 valence electrons. The maximum Gasteiger partial charge on any atom is 0.335 e. The number of carboxylic acid groups (broad SMARTS) is 1. The number of nitrogens with zero attached hydrogens (tertiary/aromatic N) is 5. The van der Waals surface area contributed by atoms with Crippen LogP contribution in [0.5, 0.6) is 11.6 Å². The average molecular weight is 584 g/mol. The number of fused-ring (bicyclic) bond motifs is 1. The van der Waals surface area contributed by atoms with Gasteiger partial charge in [0.25, 0.3) is 0 Å². The third kappa shape index (κ3) is 6.16. The predicted molar refractivity (Wildman–Crippen MR) is 143 cm³/mol. The summed E-state index contributed by atoms with van der Waals surface area (Å²) in [5.74, 6) is -1.33. The van der Waals surface area contributed by atoms with E-state index in [9.17, 15) is 18.7 Å². The van der Waals surface area contributed by atoms with Gasteiger partial charge in [0.1, 0.15) is 24.4 Å². The molecular weight excluding hydrogens is 555 g/mol. The van der Waals surface area contributed by atoms with Crippen LogP contribution in [-0.2, 0) is 24.4 Å². The number of piperidine rings is 1. The summed E-state index contributed by atoms with van der Waals surface area (Å²) in [6.45, 7) is 1.77. The minimum absolute atomic E-state index is 0.00647. The fourth-order valence-corrected chi connectivity index (χ4v) is 5.11. The Morgan fingerprint density at radius 1 is 1.10 bits per heavy atom. The van der Waals surface area contributed by atoms with Gasteiger partial charge in [-0.15, -0.1) is 0 Å². The number of aromatic carboxylic acids is 1. The summed E-state index contributed by atoms with van der Waals surface area (Å²) >= 11 is 0. The summed E-state index contributed by atoms with van der Waals surface area (Å²) in [7, 11) is 0. The number of carboxylic acids is 1. The van der Waals surface area contributed by atoms with Crippen molar-refractivity contribution in [1.82, 2.24) is 24.4 Å². The van der Waals surface area contributed by atoms with Gasteiger partial charge >= 0.3 is 5.97 Å². The Morgan fingerprint density at radius 2 is 1.90 bits per heavy atom. The highest BCUT2D eigenvalue weighted by Crippen LogP contribution is 2.29. The summed E-state index contributed by atoms with van der Waals surface area (Å²) in [5, 5.41) is 9.45. The molecule has 42 heavy (non-hydrogen) atoms. The molecule has 0 amide bonds. The minimum atomic E-state index is -1.52. The Morgan fingerprint density at radius 3 is 2.62 bits per heavy atom. The SMILES string of the molecule is O=C(O)c1ccc2nc(CN3CCC(Oc4ccnc(COc5ccc(F)cc5F)n4)CC3)n(CC3(F)COC3)c2c1. The first-order valence-electron chi connectivity index (χ1n) is 13.5. The zero-order valence-corrected chi connectivity index (χ0v) is 22.5. The Bertz CT molecular complexity index is 1600. The molecule has 0 spiro atoms. The fraction of sp³-hybridized carbons (Fsp3) is 0.379. The number of hydrogen-bond acceptors (Lipinski definition) is 8. The molecule has 0 radical (unpaired) electrons. The topological polar surface area (TPSA) is 112 Å². The first kappa shape index (κ1) is 27.9. The first-order valence-corrected chi connectivity index (χ1v) is 13.5. The van der Waals surface area contributed by atoms with Gasteiger partial charge in [0.05, 0.1) is 42.9 Å². The number of ether oxygens (including phenoxy) is 3. The highest BCUT2D eigenvalue weighted by atomic mass is 19.1. The van der Waals surface area contributed by atoms with Crippen LogP contribution in [0.3, 0.4) is 0 Å². The van der Waals surface area contributed by atoms with Crippen molar-refractivity contribution >= 4 is 17.0 Å². The van der Waals surface area contributed by atoms with Crippen molar-refractivity contribution in [2.45, 2.75) is 44.3 Å².